The van der Waals surface area contributed by atoms with E-state index >= 15 is 0 Å². The average Bonchev–Trinajstić information content (AvgIpc) is 3.20. The number of para-hydroxylation sites is 1. The molecule has 1 heterocycles. The number of ether oxygens (including phenoxy) is 2. The summed E-state index contributed by atoms with van der Waals surface area (Å²) in [5.41, 5.74) is 3.35. The van der Waals surface area contributed by atoms with E-state index < -0.39 is 18.5 Å². The van der Waals surface area contributed by atoms with Gasteiger partial charge in [-0.3, -0.25) is 4.79 Å². The normalized spacial score (nSPS) is 10.8. The van der Waals surface area contributed by atoms with Gasteiger partial charge in [0.25, 0.3) is 5.91 Å². The monoisotopic (exact) mass is 444 g/mol. The molecule has 160 valence electrons. The number of methoxy groups -OCH3 is 1. The van der Waals surface area contributed by atoms with Crippen molar-refractivity contribution in [1.29, 1.82) is 0 Å². The number of amides is 1. The summed E-state index contributed by atoms with van der Waals surface area (Å²) in [5, 5.41) is 25.0. The van der Waals surface area contributed by atoms with Crippen LogP contribution in [-0.2, 0) is 16.1 Å². The Balaban J connectivity index is 1.64. The number of hydrogen-bond donors (Lipinski definition) is 2. The molecule has 0 spiro atoms. The summed E-state index contributed by atoms with van der Waals surface area (Å²) in [6.07, 6.45) is 1.31. The Labute approximate surface area is 181 Å². The molecule has 1 aromatic heterocycles. The van der Waals surface area contributed by atoms with Crippen LogP contribution in [0, 0.1) is 0 Å². The topological polar surface area (TPSA) is 141 Å². The van der Waals surface area contributed by atoms with Gasteiger partial charge in [0.05, 0.1) is 18.3 Å². The number of tetrazole rings is 1. The number of hydrazone groups is 1. The van der Waals surface area contributed by atoms with Gasteiger partial charge in [-0.2, -0.15) is 9.90 Å². The minimum absolute atomic E-state index is 0.188. The Morgan fingerprint density at radius 3 is 2.81 bits per heavy atom. The maximum absolute atomic E-state index is 12.1. The number of benzene rings is 2. The highest BCUT2D eigenvalue weighted by Crippen LogP contribution is 2.30. The van der Waals surface area contributed by atoms with Crippen LogP contribution in [0.5, 0.6) is 11.5 Å². The number of halogens is 1. The molecule has 0 aliphatic carbocycles. The van der Waals surface area contributed by atoms with Gasteiger partial charge in [-0.15, -0.1) is 10.2 Å². The van der Waals surface area contributed by atoms with Gasteiger partial charge in [0, 0.05) is 11.1 Å². The molecule has 2 N–H and O–H groups in total. The molecular formula is C19H17ClN6O5. The van der Waals surface area contributed by atoms with Gasteiger partial charge in [-0.1, -0.05) is 29.8 Å². The third-order valence-electron chi connectivity index (χ3n) is 3.81. The highest BCUT2D eigenvalue weighted by Gasteiger charge is 2.13. The third kappa shape index (κ3) is 5.76. The van der Waals surface area contributed by atoms with E-state index in [1.165, 1.54) is 13.3 Å². The van der Waals surface area contributed by atoms with Crippen LogP contribution in [0.3, 0.4) is 0 Å². The van der Waals surface area contributed by atoms with E-state index in [9.17, 15) is 9.59 Å². The fourth-order valence-electron chi connectivity index (χ4n) is 2.48. The lowest BCUT2D eigenvalue weighted by Gasteiger charge is -2.11. The first-order chi connectivity index (χ1) is 15.0. The van der Waals surface area contributed by atoms with E-state index in [2.05, 4.69) is 25.9 Å². The predicted octanol–water partition coefficient (Wildman–Crippen LogP) is 1.62. The minimum Gasteiger partial charge on any atom is -0.493 e. The number of carbonyl (C=O) groups is 2. The van der Waals surface area contributed by atoms with Crippen LogP contribution >= 0.6 is 11.6 Å². The molecule has 11 nitrogen and oxygen atoms in total. The Bertz CT molecular complexity index is 1120. The molecular weight excluding hydrogens is 428 g/mol. The summed E-state index contributed by atoms with van der Waals surface area (Å²) in [6, 6.07) is 11.9. The van der Waals surface area contributed by atoms with E-state index in [0.717, 1.165) is 4.80 Å². The second-order valence-corrected chi connectivity index (χ2v) is 6.38. The highest BCUT2D eigenvalue weighted by atomic mass is 35.5. The van der Waals surface area contributed by atoms with Gasteiger partial charge in [-0.05, 0) is 29.5 Å². The van der Waals surface area contributed by atoms with Gasteiger partial charge in [0.15, 0.2) is 18.1 Å². The second kappa shape index (κ2) is 10.2. The number of carboxylic acid groups (broad SMARTS) is 1. The maximum atomic E-state index is 12.1. The molecule has 0 saturated carbocycles. The number of aromatic nitrogens is 4. The first-order valence-electron chi connectivity index (χ1n) is 8.84. The van der Waals surface area contributed by atoms with Gasteiger partial charge in [0.2, 0.25) is 5.82 Å². The Morgan fingerprint density at radius 2 is 2.06 bits per heavy atom. The van der Waals surface area contributed by atoms with Crippen LogP contribution in [-0.4, -0.2) is 57.1 Å². The van der Waals surface area contributed by atoms with Gasteiger partial charge in [-0.25, -0.2) is 10.2 Å². The van der Waals surface area contributed by atoms with Crippen LogP contribution in [0.4, 0.5) is 0 Å². The molecule has 0 fully saturated rings. The van der Waals surface area contributed by atoms with Crippen LogP contribution in [0.2, 0.25) is 5.02 Å². The molecule has 0 radical (unpaired) electrons. The first-order valence-corrected chi connectivity index (χ1v) is 9.22. The van der Waals surface area contributed by atoms with Crippen molar-refractivity contribution in [1.82, 2.24) is 25.6 Å². The summed E-state index contributed by atoms with van der Waals surface area (Å²) in [5.74, 6) is -0.837. The zero-order chi connectivity index (χ0) is 22.2. The molecule has 0 aliphatic heterocycles. The lowest BCUT2D eigenvalue weighted by atomic mass is 10.2. The number of nitrogens with one attached hydrogen (secondary N) is 1. The van der Waals surface area contributed by atoms with Crippen LogP contribution in [0.15, 0.2) is 47.6 Å². The van der Waals surface area contributed by atoms with Crippen molar-refractivity contribution in [3.05, 3.63) is 53.1 Å². The smallest absolute Gasteiger partial charge is 0.341 e. The van der Waals surface area contributed by atoms with Crippen LogP contribution in [0.25, 0.3) is 11.4 Å². The number of rotatable bonds is 9. The molecule has 3 rings (SSSR count). The summed E-state index contributed by atoms with van der Waals surface area (Å²) < 4.78 is 10.4. The zero-order valence-corrected chi connectivity index (χ0v) is 17.0. The van der Waals surface area contributed by atoms with E-state index in [1.54, 1.807) is 42.5 Å². The quantitative estimate of drug-likeness (QED) is 0.374. The molecule has 1 amide bonds. The second-order valence-electron chi connectivity index (χ2n) is 5.98. The first kappa shape index (κ1) is 21.7. The SMILES string of the molecule is COc1cccc(C=NNC(=O)Cn2nnc(-c3ccccc3Cl)n2)c1OCC(=O)O. The number of carbonyl (C=O) groups excluding carboxylic acids is 1. The zero-order valence-electron chi connectivity index (χ0n) is 16.2. The Morgan fingerprint density at radius 1 is 1.26 bits per heavy atom. The van der Waals surface area contributed by atoms with Crippen molar-refractivity contribution >= 4 is 29.7 Å². The lowest BCUT2D eigenvalue weighted by molar-refractivity contribution is -0.139. The summed E-state index contributed by atoms with van der Waals surface area (Å²) in [6.45, 7) is -0.783. The highest BCUT2D eigenvalue weighted by molar-refractivity contribution is 6.33. The van der Waals surface area contributed by atoms with E-state index in [1.807, 2.05) is 0 Å². The fraction of sp³-hybridized carbons (Fsp3) is 0.158. The fourth-order valence-corrected chi connectivity index (χ4v) is 2.70. The molecule has 0 aliphatic rings. The molecule has 0 unspecified atom stereocenters. The Kier molecular flexibility index (Phi) is 7.12. The molecule has 0 bridgehead atoms. The molecule has 2 aromatic carbocycles. The predicted molar refractivity (Wildman–Crippen MR) is 110 cm³/mol. The number of aliphatic carboxylic acids is 1. The standard InChI is InChI=1S/C19H17ClN6O5/c1-30-15-8-4-5-12(18(15)31-11-17(28)29)9-21-22-16(27)10-26-24-19(23-25-26)13-6-2-3-7-14(13)20/h2-9H,10-11H2,1H3,(H,22,27)(H,28,29). The average molecular weight is 445 g/mol. The van der Waals surface area contributed by atoms with Crippen molar-refractivity contribution in [2.24, 2.45) is 5.10 Å². The summed E-state index contributed by atoms with van der Waals surface area (Å²) >= 11 is 6.11. The van der Waals surface area contributed by atoms with E-state index in [4.69, 9.17) is 26.2 Å². The lowest BCUT2D eigenvalue weighted by Crippen LogP contribution is -2.24. The summed E-state index contributed by atoms with van der Waals surface area (Å²) in [7, 11) is 1.42. The molecule has 12 heteroatoms. The molecule has 0 atom stereocenters. The van der Waals surface area contributed by atoms with E-state index in [0.29, 0.717) is 27.7 Å². The largest absolute Gasteiger partial charge is 0.493 e. The molecule has 3 aromatic rings. The summed E-state index contributed by atoms with van der Waals surface area (Å²) in [4.78, 5) is 24.0. The van der Waals surface area contributed by atoms with Gasteiger partial charge in [0.1, 0.15) is 6.54 Å². The number of nitrogens with zero attached hydrogens (tertiary/aromatic N) is 5. The van der Waals surface area contributed by atoms with E-state index in [-0.39, 0.29) is 12.3 Å². The number of carboxylic acids is 1. The number of hydrogen-bond acceptors (Lipinski definition) is 8. The van der Waals surface area contributed by atoms with Crippen LogP contribution in [0.1, 0.15) is 5.56 Å². The minimum atomic E-state index is -1.14. The maximum Gasteiger partial charge on any atom is 0.341 e. The van der Waals surface area contributed by atoms with Crippen molar-refractivity contribution < 1.29 is 24.2 Å². The van der Waals surface area contributed by atoms with Crippen LogP contribution < -0.4 is 14.9 Å². The van der Waals surface area contributed by atoms with Crippen molar-refractivity contribution in [2.75, 3.05) is 13.7 Å². The molecule has 0 saturated heterocycles. The van der Waals surface area contributed by atoms with Crippen molar-refractivity contribution in [3.63, 3.8) is 0 Å². The third-order valence-corrected chi connectivity index (χ3v) is 4.14. The van der Waals surface area contributed by atoms with Crippen molar-refractivity contribution in [3.8, 4) is 22.9 Å². The van der Waals surface area contributed by atoms with Gasteiger partial charge < -0.3 is 14.6 Å². The Hall–Kier alpha value is -3.99. The van der Waals surface area contributed by atoms with Crippen molar-refractivity contribution in [2.45, 2.75) is 6.54 Å². The molecule has 31 heavy (non-hydrogen) atoms. The van der Waals surface area contributed by atoms with Gasteiger partial charge >= 0.3 is 5.97 Å².